The van der Waals surface area contributed by atoms with E-state index in [1.807, 2.05) is 35.0 Å². The third kappa shape index (κ3) is 2.09. The summed E-state index contributed by atoms with van der Waals surface area (Å²) in [7, 11) is 0. The van der Waals surface area contributed by atoms with Crippen LogP contribution >= 0.6 is 11.8 Å². The highest BCUT2D eigenvalue weighted by Crippen LogP contribution is 2.31. The SMILES string of the molecule is O=C(O)C1CCSC(c2cn3ccccc3n2)N1. The monoisotopic (exact) mass is 263 g/mol. The van der Waals surface area contributed by atoms with E-state index in [4.69, 9.17) is 5.11 Å². The van der Waals surface area contributed by atoms with Crippen molar-refractivity contribution in [3.05, 3.63) is 36.3 Å². The molecule has 0 saturated carbocycles. The van der Waals surface area contributed by atoms with Crippen LogP contribution in [0.3, 0.4) is 0 Å². The molecule has 2 N–H and O–H groups in total. The van der Waals surface area contributed by atoms with Gasteiger partial charge in [-0.1, -0.05) is 6.07 Å². The molecule has 2 aromatic heterocycles. The first-order valence-electron chi connectivity index (χ1n) is 5.78. The molecule has 0 radical (unpaired) electrons. The minimum absolute atomic E-state index is 0.0419. The first kappa shape index (κ1) is 11.6. The number of carboxylic acid groups (broad SMARTS) is 1. The molecule has 1 fully saturated rings. The molecule has 2 unspecified atom stereocenters. The van der Waals surface area contributed by atoms with Crippen molar-refractivity contribution >= 4 is 23.4 Å². The maximum absolute atomic E-state index is 11.0. The van der Waals surface area contributed by atoms with Gasteiger partial charge in [-0.05, 0) is 24.3 Å². The molecule has 2 atom stereocenters. The molecule has 2 aromatic rings. The van der Waals surface area contributed by atoms with E-state index in [0.29, 0.717) is 6.42 Å². The molecule has 3 heterocycles. The van der Waals surface area contributed by atoms with Crippen molar-refractivity contribution in [2.24, 2.45) is 0 Å². The van der Waals surface area contributed by atoms with Gasteiger partial charge in [0.2, 0.25) is 0 Å². The fourth-order valence-electron chi connectivity index (χ4n) is 2.06. The molecular formula is C12H13N3O2S. The lowest BCUT2D eigenvalue weighted by atomic mass is 10.2. The number of thioether (sulfide) groups is 1. The molecule has 94 valence electrons. The summed E-state index contributed by atoms with van der Waals surface area (Å²) >= 11 is 1.70. The van der Waals surface area contributed by atoms with Crippen LogP contribution in [-0.2, 0) is 4.79 Å². The van der Waals surface area contributed by atoms with Gasteiger partial charge >= 0.3 is 5.97 Å². The van der Waals surface area contributed by atoms with E-state index in [1.165, 1.54) is 0 Å². The Morgan fingerprint density at radius 1 is 1.56 bits per heavy atom. The average molecular weight is 263 g/mol. The molecule has 1 aliphatic heterocycles. The predicted molar refractivity (Wildman–Crippen MR) is 69.6 cm³/mol. The lowest BCUT2D eigenvalue weighted by Gasteiger charge is -2.26. The Morgan fingerprint density at radius 3 is 3.22 bits per heavy atom. The van der Waals surface area contributed by atoms with Gasteiger partial charge in [-0.3, -0.25) is 10.1 Å². The van der Waals surface area contributed by atoms with E-state index < -0.39 is 12.0 Å². The summed E-state index contributed by atoms with van der Waals surface area (Å²) in [5.74, 6) is 0.0479. The van der Waals surface area contributed by atoms with Crippen LogP contribution in [0.5, 0.6) is 0 Å². The molecule has 0 aliphatic carbocycles. The Bertz CT molecular complexity index is 550. The molecule has 0 amide bonds. The van der Waals surface area contributed by atoms with Gasteiger partial charge < -0.3 is 9.51 Å². The fourth-order valence-corrected chi connectivity index (χ4v) is 3.22. The number of hydrogen-bond acceptors (Lipinski definition) is 4. The predicted octanol–water partition coefficient (Wildman–Crippen LogP) is 1.51. The summed E-state index contributed by atoms with van der Waals surface area (Å²) < 4.78 is 1.95. The van der Waals surface area contributed by atoms with Crippen LogP contribution in [0.25, 0.3) is 5.65 Å². The largest absolute Gasteiger partial charge is 0.480 e. The molecule has 1 aliphatic rings. The number of imidazole rings is 1. The second-order valence-corrected chi connectivity index (χ2v) is 5.44. The zero-order valence-corrected chi connectivity index (χ0v) is 10.4. The Morgan fingerprint density at radius 2 is 2.44 bits per heavy atom. The fraction of sp³-hybridized carbons (Fsp3) is 0.333. The minimum Gasteiger partial charge on any atom is -0.480 e. The van der Waals surface area contributed by atoms with Crippen molar-refractivity contribution in [3.8, 4) is 0 Å². The van der Waals surface area contributed by atoms with Gasteiger partial charge in [-0.25, -0.2) is 4.98 Å². The number of hydrogen-bond donors (Lipinski definition) is 2. The normalized spacial score (nSPS) is 24.2. The highest BCUT2D eigenvalue weighted by atomic mass is 32.2. The zero-order chi connectivity index (χ0) is 12.5. The van der Waals surface area contributed by atoms with Crippen LogP contribution < -0.4 is 5.32 Å². The van der Waals surface area contributed by atoms with Crippen LogP contribution in [0.4, 0.5) is 0 Å². The summed E-state index contributed by atoms with van der Waals surface area (Å²) in [4.78, 5) is 15.5. The van der Waals surface area contributed by atoms with Gasteiger partial charge in [-0.2, -0.15) is 0 Å². The summed E-state index contributed by atoms with van der Waals surface area (Å²) in [6, 6.07) is 5.35. The third-order valence-corrected chi connectivity index (χ3v) is 4.18. The number of carboxylic acids is 1. The second kappa shape index (κ2) is 4.62. The molecule has 0 spiro atoms. The van der Waals surface area contributed by atoms with Crippen LogP contribution in [0, 0.1) is 0 Å². The van der Waals surface area contributed by atoms with Gasteiger partial charge in [0, 0.05) is 12.4 Å². The summed E-state index contributed by atoms with van der Waals surface area (Å²) in [6.07, 6.45) is 4.54. The summed E-state index contributed by atoms with van der Waals surface area (Å²) in [6.45, 7) is 0. The van der Waals surface area contributed by atoms with Crippen LogP contribution in [0.15, 0.2) is 30.6 Å². The smallest absolute Gasteiger partial charge is 0.320 e. The number of nitrogens with zero attached hydrogens (tertiary/aromatic N) is 2. The van der Waals surface area contributed by atoms with Crippen molar-refractivity contribution in [2.45, 2.75) is 17.8 Å². The van der Waals surface area contributed by atoms with E-state index in [1.54, 1.807) is 11.8 Å². The van der Waals surface area contributed by atoms with Crippen LogP contribution in [-0.4, -0.2) is 32.3 Å². The Balaban J connectivity index is 1.87. The Kier molecular flexibility index (Phi) is 2.97. The molecule has 0 bridgehead atoms. The molecule has 1 saturated heterocycles. The molecule has 6 heteroatoms. The van der Waals surface area contributed by atoms with Gasteiger partial charge in [0.25, 0.3) is 0 Å². The van der Waals surface area contributed by atoms with Crippen molar-refractivity contribution in [3.63, 3.8) is 0 Å². The number of aliphatic carboxylic acids is 1. The molecule has 0 aromatic carbocycles. The Hall–Kier alpha value is -1.53. The number of pyridine rings is 1. The topological polar surface area (TPSA) is 66.6 Å². The number of rotatable bonds is 2. The Labute approximate surface area is 108 Å². The number of fused-ring (bicyclic) bond motifs is 1. The van der Waals surface area contributed by atoms with E-state index in [0.717, 1.165) is 17.1 Å². The molecule has 18 heavy (non-hydrogen) atoms. The quantitative estimate of drug-likeness (QED) is 0.859. The van der Waals surface area contributed by atoms with Gasteiger partial charge in [-0.15, -0.1) is 11.8 Å². The van der Waals surface area contributed by atoms with Gasteiger partial charge in [0.15, 0.2) is 0 Å². The van der Waals surface area contributed by atoms with E-state index in [2.05, 4.69) is 10.3 Å². The van der Waals surface area contributed by atoms with Gasteiger partial charge in [0.05, 0.1) is 11.1 Å². The average Bonchev–Trinajstić information content (AvgIpc) is 2.82. The summed E-state index contributed by atoms with van der Waals surface area (Å²) in [5, 5.41) is 12.1. The first-order valence-corrected chi connectivity index (χ1v) is 6.83. The number of carbonyl (C=O) groups is 1. The lowest BCUT2D eigenvalue weighted by molar-refractivity contribution is -0.139. The molecule has 5 nitrogen and oxygen atoms in total. The molecular weight excluding hydrogens is 250 g/mol. The van der Waals surface area contributed by atoms with Gasteiger partial charge in [0.1, 0.15) is 11.7 Å². The highest BCUT2D eigenvalue weighted by Gasteiger charge is 2.28. The second-order valence-electron chi connectivity index (χ2n) is 4.23. The van der Waals surface area contributed by atoms with E-state index in [9.17, 15) is 4.79 Å². The van der Waals surface area contributed by atoms with Crippen molar-refractivity contribution in [2.75, 3.05) is 5.75 Å². The third-order valence-electron chi connectivity index (χ3n) is 2.99. The summed E-state index contributed by atoms with van der Waals surface area (Å²) in [5.41, 5.74) is 1.77. The van der Waals surface area contributed by atoms with E-state index in [-0.39, 0.29) is 5.37 Å². The van der Waals surface area contributed by atoms with Crippen molar-refractivity contribution in [1.29, 1.82) is 0 Å². The standard InChI is InChI=1S/C12H13N3O2S/c16-12(17)8-4-6-18-11(14-8)9-7-15-5-2-1-3-10(15)13-9/h1-3,5,7-8,11,14H,4,6H2,(H,16,17). The minimum atomic E-state index is -0.788. The molecule has 3 rings (SSSR count). The maximum atomic E-state index is 11.0. The number of aromatic nitrogens is 2. The van der Waals surface area contributed by atoms with Crippen molar-refractivity contribution in [1.82, 2.24) is 14.7 Å². The van der Waals surface area contributed by atoms with Crippen LogP contribution in [0.2, 0.25) is 0 Å². The highest BCUT2D eigenvalue weighted by molar-refractivity contribution is 7.99. The first-order chi connectivity index (χ1) is 8.74. The zero-order valence-electron chi connectivity index (χ0n) is 9.61. The van der Waals surface area contributed by atoms with Crippen LogP contribution in [0.1, 0.15) is 17.5 Å². The van der Waals surface area contributed by atoms with Crippen molar-refractivity contribution < 1.29 is 9.90 Å². The maximum Gasteiger partial charge on any atom is 0.320 e. The van der Waals surface area contributed by atoms with E-state index >= 15 is 0 Å². The lowest BCUT2D eigenvalue weighted by Crippen LogP contribution is -2.41. The number of nitrogens with one attached hydrogen (secondary N) is 1.